The molecule has 3 aromatic heterocycles. The number of aromatic nitrogens is 6. The van der Waals surface area contributed by atoms with Crippen LogP contribution < -0.4 is 10.1 Å². The van der Waals surface area contributed by atoms with Gasteiger partial charge < -0.3 is 14.8 Å². The van der Waals surface area contributed by atoms with E-state index in [-0.39, 0.29) is 0 Å². The van der Waals surface area contributed by atoms with Gasteiger partial charge in [0.15, 0.2) is 5.65 Å². The molecule has 0 atom stereocenters. The summed E-state index contributed by atoms with van der Waals surface area (Å²) in [6.07, 6.45) is 8.15. The molecule has 0 aromatic carbocycles. The van der Waals surface area contributed by atoms with Crippen LogP contribution in [0.15, 0.2) is 6.20 Å². The largest absolute Gasteiger partial charge is 0.475 e. The first-order chi connectivity index (χ1) is 14.7. The predicted molar refractivity (Wildman–Crippen MR) is 113 cm³/mol. The third kappa shape index (κ3) is 3.30. The summed E-state index contributed by atoms with van der Waals surface area (Å²) in [5.41, 5.74) is 3.83. The molecule has 1 aliphatic carbocycles. The molecule has 30 heavy (non-hydrogen) atoms. The van der Waals surface area contributed by atoms with Crippen LogP contribution >= 0.6 is 0 Å². The smallest absolute Gasteiger partial charge is 0.257 e. The van der Waals surface area contributed by atoms with Gasteiger partial charge in [0, 0.05) is 26.3 Å². The van der Waals surface area contributed by atoms with E-state index in [9.17, 15) is 0 Å². The third-order valence-electron chi connectivity index (χ3n) is 6.30. The van der Waals surface area contributed by atoms with E-state index in [1.165, 1.54) is 0 Å². The molecule has 1 fully saturated rings. The van der Waals surface area contributed by atoms with Crippen molar-refractivity contribution < 1.29 is 9.47 Å². The van der Waals surface area contributed by atoms with Crippen molar-refractivity contribution in [2.24, 2.45) is 0 Å². The maximum absolute atomic E-state index is 6.14. The minimum atomic E-state index is 0.362. The van der Waals surface area contributed by atoms with Gasteiger partial charge in [-0.05, 0) is 39.0 Å². The minimum Gasteiger partial charge on any atom is -0.475 e. The first-order valence-corrected chi connectivity index (χ1v) is 10.9. The van der Waals surface area contributed by atoms with Crippen LogP contribution in [-0.2, 0) is 17.7 Å². The zero-order chi connectivity index (χ0) is 20.7. The molecule has 1 saturated carbocycles. The number of aryl methyl sites for hydroxylation is 2. The Morgan fingerprint density at radius 3 is 2.83 bits per heavy atom. The lowest BCUT2D eigenvalue weighted by Crippen LogP contribution is -2.24. The topological polar surface area (TPSA) is 91.9 Å². The Morgan fingerprint density at radius 2 is 2.07 bits per heavy atom. The van der Waals surface area contributed by atoms with Crippen molar-refractivity contribution in [3.05, 3.63) is 17.6 Å². The second-order valence-electron chi connectivity index (χ2n) is 8.16. The molecule has 9 nitrogen and oxygen atoms in total. The van der Waals surface area contributed by atoms with Crippen LogP contribution in [0.3, 0.4) is 0 Å². The molecule has 160 valence electrons. The lowest BCUT2D eigenvalue weighted by Gasteiger charge is -2.28. The average Bonchev–Trinajstić information content (AvgIpc) is 3.27. The quantitative estimate of drug-likeness (QED) is 0.704. The second kappa shape index (κ2) is 7.86. The molecule has 2 bridgehead atoms. The molecule has 3 aromatic rings. The Hall–Kier alpha value is -2.68. The highest BCUT2D eigenvalue weighted by atomic mass is 16.5. The Kier molecular flexibility index (Phi) is 5.06. The van der Waals surface area contributed by atoms with Crippen LogP contribution in [0.2, 0.25) is 0 Å². The molecule has 0 amide bonds. The maximum atomic E-state index is 6.14. The van der Waals surface area contributed by atoms with E-state index in [0.717, 1.165) is 73.2 Å². The molecule has 0 saturated heterocycles. The highest BCUT2D eigenvalue weighted by Crippen LogP contribution is 2.37. The Bertz CT molecular complexity index is 1050. The Balaban J connectivity index is 1.53. The number of hydrogen-bond donors (Lipinski definition) is 1. The molecule has 2 aliphatic rings. The van der Waals surface area contributed by atoms with Gasteiger partial charge in [-0.15, -0.1) is 5.10 Å². The first-order valence-electron chi connectivity index (χ1n) is 10.9. The normalized spacial score (nSPS) is 21.7. The van der Waals surface area contributed by atoms with Crippen molar-refractivity contribution in [1.29, 1.82) is 0 Å². The van der Waals surface area contributed by atoms with Gasteiger partial charge in [-0.3, -0.25) is 4.68 Å². The average molecular weight is 412 g/mol. The number of methoxy groups -OCH3 is 1. The summed E-state index contributed by atoms with van der Waals surface area (Å²) < 4.78 is 15.8. The van der Waals surface area contributed by atoms with E-state index in [1.807, 2.05) is 17.8 Å². The standard InChI is InChI=1S/C21H29N7O2/c1-4-17-18-20(26-28(17)14-6-8-15(29-3)9-7-14)30-11-5-10-27-19-16(13(2)25-27)12-22-21(23-18)24-19/h12,14-15H,4-11H2,1-3H3,(H,22,23,24). The molecule has 1 aliphatic heterocycles. The predicted octanol–water partition coefficient (Wildman–Crippen LogP) is 3.55. The van der Waals surface area contributed by atoms with E-state index < -0.39 is 0 Å². The molecular formula is C21H29N7O2. The molecule has 1 N–H and O–H groups in total. The third-order valence-corrected chi connectivity index (χ3v) is 6.30. The zero-order valence-corrected chi connectivity index (χ0v) is 17.9. The maximum Gasteiger partial charge on any atom is 0.257 e. The van der Waals surface area contributed by atoms with E-state index in [0.29, 0.717) is 30.6 Å². The zero-order valence-electron chi connectivity index (χ0n) is 17.9. The van der Waals surface area contributed by atoms with Crippen molar-refractivity contribution in [1.82, 2.24) is 29.5 Å². The highest BCUT2D eigenvalue weighted by molar-refractivity contribution is 5.79. The van der Waals surface area contributed by atoms with Gasteiger partial charge in [0.1, 0.15) is 5.69 Å². The van der Waals surface area contributed by atoms with Crippen LogP contribution in [0.1, 0.15) is 56.5 Å². The number of fused-ring (bicyclic) bond motifs is 2. The van der Waals surface area contributed by atoms with Crippen molar-refractivity contribution in [3.63, 3.8) is 0 Å². The molecule has 0 radical (unpaired) electrons. The lowest BCUT2D eigenvalue weighted by molar-refractivity contribution is 0.0562. The molecule has 4 heterocycles. The van der Waals surface area contributed by atoms with Gasteiger partial charge in [0.25, 0.3) is 5.88 Å². The fourth-order valence-electron chi connectivity index (χ4n) is 4.66. The van der Waals surface area contributed by atoms with Crippen LogP contribution in [0.4, 0.5) is 11.6 Å². The van der Waals surface area contributed by atoms with Gasteiger partial charge in [-0.25, -0.2) is 9.67 Å². The van der Waals surface area contributed by atoms with Gasteiger partial charge >= 0.3 is 0 Å². The molecule has 0 unspecified atom stereocenters. The number of rotatable bonds is 3. The molecule has 9 heteroatoms. The van der Waals surface area contributed by atoms with Crippen molar-refractivity contribution >= 4 is 22.7 Å². The number of nitrogens with one attached hydrogen (secondary N) is 1. The molecule has 0 spiro atoms. The molecular weight excluding hydrogens is 382 g/mol. The Morgan fingerprint density at radius 1 is 1.23 bits per heavy atom. The summed E-state index contributed by atoms with van der Waals surface area (Å²) in [6.45, 7) is 5.48. The SMILES string of the molecule is CCc1c2c(nn1C1CCC(OC)CC1)OCCCn1nc(C)c3cnc(nc31)N2. The van der Waals surface area contributed by atoms with Crippen molar-refractivity contribution in [2.75, 3.05) is 19.0 Å². The van der Waals surface area contributed by atoms with Gasteiger partial charge in [0.05, 0.1) is 35.5 Å². The summed E-state index contributed by atoms with van der Waals surface area (Å²) in [6, 6.07) is 0.365. The fourth-order valence-corrected chi connectivity index (χ4v) is 4.66. The van der Waals surface area contributed by atoms with Crippen LogP contribution in [-0.4, -0.2) is 49.3 Å². The van der Waals surface area contributed by atoms with Crippen LogP contribution in [0.5, 0.6) is 5.88 Å². The second-order valence-corrected chi connectivity index (χ2v) is 8.16. The molecule has 5 rings (SSSR count). The Labute approximate surface area is 175 Å². The van der Waals surface area contributed by atoms with Gasteiger partial charge in [-0.1, -0.05) is 6.92 Å². The monoisotopic (exact) mass is 411 g/mol. The van der Waals surface area contributed by atoms with Gasteiger partial charge in [0.2, 0.25) is 5.95 Å². The lowest BCUT2D eigenvalue weighted by atomic mass is 9.93. The van der Waals surface area contributed by atoms with E-state index in [1.54, 1.807) is 7.11 Å². The van der Waals surface area contributed by atoms with E-state index >= 15 is 0 Å². The summed E-state index contributed by atoms with van der Waals surface area (Å²) in [4.78, 5) is 9.31. The van der Waals surface area contributed by atoms with E-state index in [4.69, 9.17) is 19.6 Å². The number of anilines is 2. The fraction of sp³-hybridized carbons (Fsp3) is 0.619. The van der Waals surface area contributed by atoms with E-state index in [2.05, 4.69) is 27.0 Å². The van der Waals surface area contributed by atoms with Crippen LogP contribution in [0, 0.1) is 6.92 Å². The van der Waals surface area contributed by atoms with Gasteiger partial charge in [-0.2, -0.15) is 10.1 Å². The minimum absolute atomic E-state index is 0.362. The number of hydrogen-bond acceptors (Lipinski definition) is 7. The van der Waals surface area contributed by atoms with Crippen molar-refractivity contribution in [3.8, 4) is 5.88 Å². The van der Waals surface area contributed by atoms with Crippen molar-refractivity contribution in [2.45, 2.75) is 71.1 Å². The highest BCUT2D eigenvalue weighted by Gasteiger charge is 2.28. The first kappa shape index (κ1) is 19.3. The summed E-state index contributed by atoms with van der Waals surface area (Å²) >= 11 is 0. The number of nitrogens with zero attached hydrogens (tertiary/aromatic N) is 6. The summed E-state index contributed by atoms with van der Waals surface area (Å²) in [5, 5.41) is 13.9. The summed E-state index contributed by atoms with van der Waals surface area (Å²) in [5.74, 6) is 1.19. The van der Waals surface area contributed by atoms with Crippen LogP contribution in [0.25, 0.3) is 11.0 Å². The summed E-state index contributed by atoms with van der Waals surface area (Å²) in [7, 11) is 1.80. The number of ether oxygens (including phenoxy) is 2.